The number of cyclic esters (lactones) is 1. The third kappa shape index (κ3) is 3.21. The van der Waals surface area contributed by atoms with E-state index in [0.29, 0.717) is 4.43 Å². The Kier molecular flexibility index (Phi) is 3.79. The molecule has 86 valence electrons. The Labute approximate surface area is 96.7 Å². The molecule has 0 bridgehead atoms. The van der Waals surface area contributed by atoms with E-state index in [4.69, 9.17) is 4.74 Å². The third-order valence-corrected chi connectivity index (χ3v) is 2.78. The van der Waals surface area contributed by atoms with Crippen molar-refractivity contribution in [3.05, 3.63) is 0 Å². The zero-order valence-electron chi connectivity index (χ0n) is 7.31. The van der Waals surface area contributed by atoms with Gasteiger partial charge in [-0.3, -0.25) is 4.79 Å². The van der Waals surface area contributed by atoms with Crippen LogP contribution in [0.3, 0.4) is 0 Å². The van der Waals surface area contributed by atoms with E-state index in [2.05, 4.69) is 0 Å². The molecule has 8 heteroatoms. The monoisotopic (exact) mass is 337 g/mol. The van der Waals surface area contributed by atoms with Crippen molar-refractivity contribution in [1.82, 2.24) is 5.32 Å². The maximum absolute atomic E-state index is 11.8. The molecule has 1 rings (SSSR count). The minimum atomic E-state index is -4.97. The molecular weight excluding hydrogens is 330 g/mol. The predicted octanol–water partition coefficient (Wildman–Crippen LogP) is 0.784. The minimum absolute atomic E-state index is 0.0869. The molecule has 0 aromatic rings. The Hall–Kier alpha value is -0.540. The molecular formula is C7H7F3INO3. The first kappa shape index (κ1) is 12.5. The third-order valence-electron chi connectivity index (χ3n) is 1.80. The molecule has 1 aliphatic heterocycles. The minimum Gasteiger partial charge on any atom is -0.460 e. The summed E-state index contributed by atoms with van der Waals surface area (Å²) in [6, 6.07) is -1.18. The Bertz CT molecular complexity index is 281. The van der Waals surface area contributed by atoms with Crippen molar-refractivity contribution in [2.45, 2.75) is 24.7 Å². The Morgan fingerprint density at radius 3 is 2.60 bits per heavy atom. The number of hydrogen-bond donors (Lipinski definition) is 1. The Morgan fingerprint density at radius 2 is 2.20 bits per heavy atom. The maximum atomic E-state index is 11.8. The molecule has 0 spiro atoms. The molecule has 1 N–H and O–H groups in total. The number of amides is 1. The van der Waals surface area contributed by atoms with Crippen molar-refractivity contribution in [1.29, 1.82) is 0 Å². The number of carbonyl (C=O) groups is 2. The number of rotatable bonds is 2. The molecule has 1 heterocycles. The number of alkyl halides is 4. The maximum Gasteiger partial charge on any atom is 0.471 e. The van der Waals surface area contributed by atoms with Crippen LogP contribution in [0, 0.1) is 0 Å². The first-order valence-electron chi connectivity index (χ1n) is 3.98. The zero-order valence-corrected chi connectivity index (χ0v) is 9.46. The fourth-order valence-corrected chi connectivity index (χ4v) is 1.65. The number of nitrogens with one attached hydrogen (secondary N) is 1. The largest absolute Gasteiger partial charge is 0.471 e. The van der Waals surface area contributed by atoms with Crippen LogP contribution in [0.5, 0.6) is 0 Å². The lowest BCUT2D eigenvalue weighted by atomic mass is 10.2. The predicted molar refractivity (Wildman–Crippen MR) is 51.4 cm³/mol. The molecule has 1 amide bonds. The summed E-state index contributed by atoms with van der Waals surface area (Å²) in [5, 5.41) is 1.59. The Balaban J connectivity index is 2.53. The molecule has 0 saturated carbocycles. The topological polar surface area (TPSA) is 55.4 Å². The number of ether oxygens (including phenoxy) is 1. The van der Waals surface area contributed by atoms with Crippen molar-refractivity contribution in [2.24, 2.45) is 0 Å². The van der Waals surface area contributed by atoms with Crippen LogP contribution in [0.15, 0.2) is 0 Å². The summed E-state index contributed by atoms with van der Waals surface area (Å²) in [6.07, 6.45) is -5.30. The normalized spacial score (nSPS) is 26.3. The average Bonchev–Trinajstić information content (AvgIpc) is 2.45. The van der Waals surface area contributed by atoms with Gasteiger partial charge in [0.05, 0.1) is 0 Å². The fourth-order valence-electron chi connectivity index (χ4n) is 1.11. The van der Waals surface area contributed by atoms with E-state index in [1.165, 1.54) is 0 Å². The first-order chi connectivity index (χ1) is 6.84. The van der Waals surface area contributed by atoms with Crippen molar-refractivity contribution in [3.8, 4) is 0 Å². The second-order valence-electron chi connectivity index (χ2n) is 2.97. The lowest BCUT2D eigenvalue weighted by Gasteiger charge is -2.10. The molecule has 0 unspecified atom stereocenters. The van der Waals surface area contributed by atoms with E-state index in [9.17, 15) is 22.8 Å². The van der Waals surface area contributed by atoms with Gasteiger partial charge in [-0.1, -0.05) is 22.6 Å². The summed E-state index contributed by atoms with van der Waals surface area (Å²) < 4.78 is 40.7. The Morgan fingerprint density at radius 1 is 1.60 bits per heavy atom. The SMILES string of the molecule is O=C1O[C@H](CI)C[C@@H]1NC(=O)C(F)(F)F. The number of carbonyl (C=O) groups excluding carboxylic acids is 2. The smallest absolute Gasteiger partial charge is 0.460 e. The van der Waals surface area contributed by atoms with Crippen LogP contribution < -0.4 is 5.32 Å². The van der Waals surface area contributed by atoms with Gasteiger partial charge in [-0.2, -0.15) is 13.2 Å². The van der Waals surface area contributed by atoms with E-state index < -0.39 is 30.2 Å². The molecule has 0 aromatic heterocycles. The van der Waals surface area contributed by atoms with E-state index in [1.54, 1.807) is 5.32 Å². The second-order valence-corrected chi connectivity index (χ2v) is 3.85. The van der Waals surface area contributed by atoms with Crippen molar-refractivity contribution >= 4 is 34.5 Å². The van der Waals surface area contributed by atoms with Crippen LogP contribution in [-0.2, 0) is 14.3 Å². The summed E-state index contributed by atoms with van der Waals surface area (Å²) in [5.41, 5.74) is 0. The van der Waals surface area contributed by atoms with Gasteiger partial charge in [-0.05, 0) is 0 Å². The van der Waals surface area contributed by atoms with Gasteiger partial charge < -0.3 is 10.1 Å². The van der Waals surface area contributed by atoms with Crippen LogP contribution in [0.1, 0.15) is 6.42 Å². The van der Waals surface area contributed by atoms with E-state index in [-0.39, 0.29) is 6.42 Å². The van der Waals surface area contributed by atoms with E-state index in [0.717, 1.165) is 0 Å². The fraction of sp³-hybridized carbons (Fsp3) is 0.714. The standard InChI is InChI=1S/C7H7F3INO3/c8-7(9,10)6(14)12-4-1-3(2-11)15-5(4)13/h3-4H,1-2H2,(H,12,14)/t3-,4-/m0/s1. The highest BCUT2D eigenvalue weighted by Gasteiger charge is 2.43. The summed E-state index contributed by atoms with van der Waals surface area (Å²) in [4.78, 5) is 21.5. The highest BCUT2D eigenvalue weighted by molar-refractivity contribution is 14.1. The molecule has 0 aromatic carbocycles. The summed E-state index contributed by atoms with van der Waals surface area (Å²) >= 11 is 1.95. The van der Waals surface area contributed by atoms with Crippen molar-refractivity contribution < 1.29 is 27.5 Å². The van der Waals surface area contributed by atoms with Crippen molar-refractivity contribution in [2.75, 3.05) is 4.43 Å². The van der Waals surface area contributed by atoms with Crippen LogP contribution in [-0.4, -0.2) is 34.6 Å². The average molecular weight is 337 g/mol. The molecule has 1 saturated heterocycles. The van der Waals surface area contributed by atoms with Gasteiger partial charge in [0.2, 0.25) is 0 Å². The van der Waals surface area contributed by atoms with E-state index in [1.807, 2.05) is 22.6 Å². The van der Waals surface area contributed by atoms with Gasteiger partial charge in [0, 0.05) is 10.8 Å². The summed E-state index contributed by atoms with van der Waals surface area (Å²) in [6.45, 7) is 0. The van der Waals surface area contributed by atoms with E-state index >= 15 is 0 Å². The highest BCUT2D eigenvalue weighted by atomic mass is 127. The van der Waals surface area contributed by atoms with Crippen molar-refractivity contribution in [3.63, 3.8) is 0 Å². The van der Waals surface area contributed by atoms with Gasteiger partial charge in [-0.15, -0.1) is 0 Å². The number of hydrogen-bond acceptors (Lipinski definition) is 3. The van der Waals surface area contributed by atoms with Gasteiger partial charge in [0.1, 0.15) is 12.1 Å². The first-order valence-corrected chi connectivity index (χ1v) is 5.51. The van der Waals surface area contributed by atoms with Gasteiger partial charge in [0.25, 0.3) is 0 Å². The quantitative estimate of drug-likeness (QED) is 0.460. The molecule has 1 fully saturated rings. The zero-order chi connectivity index (χ0) is 11.6. The molecule has 2 atom stereocenters. The lowest BCUT2D eigenvalue weighted by Crippen LogP contribution is -2.45. The number of esters is 1. The van der Waals surface area contributed by atoms with Gasteiger partial charge in [-0.25, -0.2) is 4.79 Å². The highest BCUT2D eigenvalue weighted by Crippen LogP contribution is 2.20. The summed E-state index contributed by atoms with van der Waals surface area (Å²) in [5.74, 6) is -2.92. The van der Waals surface area contributed by atoms with Crippen LogP contribution in [0.25, 0.3) is 0 Å². The lowest BCUT2D eigenvalue weighted by molar-refractivity contribution is -0.175. The van der Waals surface area contributed by atoms with Gasteiger partial charge >= 0.3 is 18.1 Å². The summed E-state index contributed by atoms with van der Waals surface area (Å²) in [7, 11) is 0. The van der Waals surface area contributed by atoms with Crippen LogP contribution in [0.4, 0.5) is 13.2 Å². The van der Waals surface area contributed by atoms with Gasteiger partial charge in [0.15, 0.2) is 0 Å². The molecule has 0 aliphatic carbocycles. The molecule has 15 heavy (non-hydrogen) atoms. The molecule has 1 aliphatic rings. The molecule has 0 radical (unpaired) electrons. The molecule has 4 nitrogen and oxygen atoms in total. The second kappa shape index (κ2) is 4.54. The number of halogens is 4. The van der Waals surface area contributed by atoms with Crippen LogP contribution in [0.2, 0.25) is 0 Å². The van der Waals surface area contributed by atoms with Crippen LogP contribution >= 0.6 is 22.6 Å².